The number of rotatable bonds is 6. The number of amides is 1. The van der Waals surface area contributed by atoms with E-state index in [1.54, 1.807) is 12.5 Å². The van der Waals surface area contributed by atoms with Crippen molar-refractivity contribution in [2.24, 2.45) is 17.3 Å². The smallest absolute Gasteiger partial charge is 0.228 e. The molecule has 3 aliphatic rings. The maximum absolute atomic E-state index is 13.0. The number of nitrogens with zero attached hydrogens (tertiary/aromatic N) is 2. The van der Waals surface area contributed by atoms with Gasteiger partial charge in [-0.05, 0) is 63.5 Å². The summed E-state index contributed by atoms with van der Waals surface area (Å²) >= 11 is 0. The van der Waals surface area contributed by atoms with Gasteiger partial charge in [0, 0.05) is 25.0 Å². The highest BCUT2D eigenvalue weighted by Crippen LogP contribution is 2.48. The number of piperidine rings is 1. The Morgan fingerprint density at radius 1 is 1.33 bits per heavy atom. The van der Waals surface area contributed by atoms with Crippen molar-refractivity contribution in [3.8, 4) is 0 Å². The zero-order chi connectivity index (χ0) is 16.6. The second kappa shape index (κ2) is 6.48. The summed E-state index contributed by atoms with van der Waals surface area (Å²) in [5.41, 5.74) is -0.242. The Morgan fingerprint density at radius 2 is 2.08 bits per heavy atom. The summed E-state index contributed by atoms with van der Waals surface area (Å²) in [5, 5.41) is 16.5. The van der Waals surface area contributed by atoms with Gasteiger partial charge >= 0.3 is 0 Å². The monoisotopic (exact) mass is 332 g/mol. The minimum atomic E-state index is -0.242. The highest BCUT2D eigenvalue weighted by molar-refractivity contribution is 5.85. The Kier molecular flexibility index (Phi) is 4.35. The van der Waals surface area contributed by atoms with E-state index in [9.17, 15) is 9.90 Å². The normalized spacial score (nSPS) is 30.4. The molecule has 6 heteroatoms. The molecule has 3 fully saturated rings. The molecule has 1 aliphatic heterocycles. The molecule has 4 rings (SSSR count). The van der Waals surface area contributed by atoms with Gasteiger partial charge in [-0.25, -0.2) is 4.98 Å². The number of aliphatic hydroxyl groups is 1. The molecule has 6 nitrogen and oxygen atoms in total. The number of aliphatic hydroxyl groups excluding tert-OH is 1. The summed E-state index contributed by atoms with van der Waals surface area (Å²) in [4.78, 5) is 17.1. The van der Waals surface area contributed by atoms with E-state index in [0.29, 0.717) is 11.8 Å². The van der Waals surface area contributed by atoms with Crippen molar-refractivity contribution in [3.05, 3.63) is 18.7 Å². The fourth-order valence-electron chi connectivity index (χ4n) is 4.39. The number of hydrogen-bond donors (Lipinski definition) is 3. The van der Waals surface area contributed by atoms with E-state index in [-0.39, 0.29) is 23.5 Å². The third-order valence-electron chi connectivity index (χ3n) is 6.23. The molecule has 0 spiro atoms. The standard InChI is InChI=1S/C18H28N4O2/c23-15-9-14(10-15)16(13-1-5-19-6-2-13)21-17(24)18(3-4-18)11-22-8-7-20-12-22/h7-8,12-16,19,23H,1-6,9-11H2,(H,21,24)/t14?,15?,16-/m0/s1. The number of nitrogens with one attached hydrogen (secondary N) is 2. The minimum Gasteiger partial charge on any atom is -0.393 e. The lowest BCUT2D eigenvalue weighted by atomic mass is 9.71. The number of imidazole rings is 1. The van der Waals surface area contributed by atoms with E-state index in [0.717, 1.165) is 58.2 Å². The van der Waals surface area contributed by atoms with Crippen LogP contribution in [0.5, 0.6) is 0 Å². The van der Waals surface area contributed by atoms with E-state index < -0.39 is 0 Å². The van der Waals surface area contributed by atoms with Gasteiger partial charge in [-0.2, -0.15) is 0 Å². The van der Waals surface area contributed by atoms with Crippen molar-refractivity contribution >= 4 is 5.91 Å². The fourth-order valence-corrected chi connectivity index (χ4v) is 4.39. The molecule has 0 radical (unpaired) electrons. The van der Waals surface area contributed by atoms with Crippen LogP contribution in [0.25, 0.3) is 0 Å². The first kappa shape index (κ1) is 16.1. The molecule has 3 N–H and O–H groups in total. The van der Waals surface area contributed by atoms with Crippen LogP contribution in [0, 0.1) is 17.3 Å². The predicted molar refractivity (Wildman–Crippen MR) is 90.1 cm³/mol. The summed E-state index contributed by atoms with van der Waals surface area (Å²) in [6.07, 6.45) is 11.1. The summed E-state index contributed by atoms with van der Waals surface area (Å²) in [7, 11) is 0. The third kappa shape index (κ3) is 3.22. The van der Waals surface area contributed by atoms with E-state index in [2.05, 4.69) is 15.6 Å². The van der Waals surface area contributed by atoms with Crippen molar-refractivity contribution < 1.29 is 9.90 Å². The number of aromatic nitrogens is 2. The third-order valence-corrected chi connectivity index (χ3v) is 6.23. The van der Waals surface area contributed by atoms with Gasteiger partial charge in [-0.15, -0.1) is 0 Å². The number of hydrogen-bond acceptors (Lipinski definition) is 4. The molecular weight excluding hydrogens is 304 g/mol. The van der Waals surface area contributed by atoms with Gasteiger partial charge in [0.05, 0.1) is 17.8 Å². The van der Waals surface area contributed by atoms with Crippen LogP contribution >= 0.6 is 0 Å². The lowest BCUT2D eigenvalue weighted by Gasteiger charge is -2.43. The Labute approximate surface area is 143 Å². The summed E-state index contributed by atoms with van der Waals surface area (Å²) < 4.78 is 2.01. The fraction of sp³-hybridized carbons (Fsp3) is 0.778. The van der Waals surface area contributed by atoms with Crippen LogP contribution in [0.4, 0.5) is 0 Å². The Balaban J connectivity index is 1.42. The Bertz CT molecular complexity index is 558. The largest absolute Gasteiger partial charge is 0.393 e. The summed E-state index contributed by atoms with van der Waals surface area (Å²) in [5.74, 6) is 1.19. The molecule has 24 heavy (non-hydrogen) atoms. The van der Waals surface area contributed by atoms with E-state index >= 15 is 0 Å². The van der Waals surface area contributed by atoms with Gasteiger partial charge in [-0.1, -0.05) is 0 Å². The average Bonchev–Trinajstić information content (AvgIpc) is 3.17. The van der Waals surface area contributed by atoms with Crippen LogP contribution in [-0.2, 0) is 11.3 Å². The molecule has 0 bridgehead atoms. The number of carbonyl (C=O) groups excluding carboxylic acids is 1. The highest BCUT2D eigenvalue weighted by atomic mass is 16.3. The summed E-state index contributed by atoms with van der Waals surface area (Å²) in [6.45, 7) is 2.80. The van der Waals surface area contributed by atoms with Crippen LogP contribution in [0.15, 0.2) is 18.7 Å². The predicted octanol–water partition coefficient (Wildman–Crippen LogP) is 0.919. The second-order valence-corrected chi connectivity index (χ2v) is 7.99. The van der Waals surface area contributed by atoms with Gasteiger partial charge in [0.25, 0.3) is 0 Å². The number of carbonyl (C=O) groups is 1. The van der Waals surface area contributed by atoms with Gasteiger partial charge in [0.2, 0.25) is 5.91 Å². The maximum Gasteiger partial charge on any atom is 0.228 e. The second-order valence-electron chi connectivity index (χ2n) is 7.99. The lowest BCUT2D eigenvalue weighted by Crippen LogP contribution is -2.54. The topological polar surface area (TPSA) is 79.2 Å². The quantitative estimate of drug-likeness (QED) is 0.724. The van der Waals surface area contributed by atoms with Crippen molar-refractivity contribution in [1.29, 1.82) is 0 Å². The van der Waals surface area contributed by atoms with Crippen LogP contribution in [0.1, 0.15) is 38.5 Å². The molecule has 0 unspecified atom stereocenters. The zero-order valence-corrected chi connectivity index (χ0v) is 14.2. The average molecular weight is 332 g/mol. The lowest BCUT2D eigenvalue weighted by molar-refractivity contribution is -0.129. The first-order valence-electron chi connectivity index (χ1n) is 9.32. The molecule has 1 amide bonds. The molecule has 1 aromatic rings. The maximum atomic E-state index is 13.0. The molecule has 2 heterocycles. The first-order valence-corrected chi connectivity index (χ1v) is 9.32. The van der Waals surface area contributed by atoms with E-state index in [1.165, 1.54) is 0 Å². The van der Waals surface area contributed by atoms with Gasteiger partial charge < -0.3 is 20.3 Å². The van der Waals surface area contributed by atoms with E-state index in [4.69, 9.17) is 0 Å². The molecule has 1 atom stereocenters. The van der Waals surface area contributed by atoms with Crippen molar-refractivity contribution in [1.82, 2.24) is 20.2 Å². The van der Waals surface area contributed by atoms with Crippen LogP contribution in [-0.4, -0.2) is 45.8 Å². The molecular formula is C18H28N4O2. The molecule has 2 aliphatic carbocycles. The van der Waals surface area contributed by atoms with Gasteiger partial charge in [0.1, 0.15) is 0 Å². The van der Waals surface area contributed by atoms with Crippen LogP contribution < -0.4 is 10.6 Å². The van der Waals surface area contributed by atoms with Crippen LogP contribution in [0.2, 0.25) is 0 Å². The molecule has 1 aromatic heterocycles. The SMILES string of the molecule is O=C(N[C@@H](C1CCNCC1)C1CC(O)C1)C1(Cn2ccnc2)CC1. The van der Waals surface area contributed by atoms with Gasteiger partial charge in [0.15, 0.2) is 0 Å². The van der Waals surface area contributed by atoms with E-state index in [1.807, 2.05) is 10.8 Å². The van der Waals surface area contributed by atoms with Gasteiger partial charge in [-0.3, -0.25) is 4.79 Å². The molecule has 0 aromatic carbocycles. The molecule has 1 saturated heterocycles. The Morgan fingerprint density at radius 3 is 2.67 bits per heavy atom. The molecule has 132 valence electrons. The minimum absolute atomic E-state index is 0.169. The highest BCUT2D eigenvalue weighted by Gasteiger charge is 2.51. The summed E-state index contributed by atoms with van der Waals surface area (Å²) in [6, 6.07) is 0.225. The zero-order valence-electron chi connectivity index (χ0n) is 14.2. The van der Waals surface area contributed by atoms with Crippen molar-refractivity contribution in [3.63, 3.8) is 0 Å². The van der Waals surface area contributed by atoms with Crippen molar-refractivity contribution in [2.45, 2.75) is 57.2 Å². The Hall–Kier alpha value is -1.40. The molecule has 2 saturated carbocycles. The van der Waals surface area contributed by atoms with Crippen molar-refractivity contribution in [2.75, 3.05) is 13.1 Å². The first-order chi connectivity index (χ1) is 11.7. The van der Waals surface area contributed by atoms with Crippen LogP contribution in [0.3, 0.4) is 0 Å².